The molecule has 3 aromatic rings. The summed E-state index contributed by atoms with van der Waals surface area (Å²) in [5.41, 5.74) is 4.85. The van der Waals surface area contributed by atoms with Crippen molar-refractivity contribution in [3.05, 3.63) is 83.7 Å². The molecule has 152 valence electrons. The maximum Gasteiger partial charge on any atom is 0.276 e. The van der Waals surface area contributed by atoms with Crippen LogP contribution in [0.3, 0.4) is 0 Å². The highest BCUT2D eigenvalue weighted by atomic mass is 16.5. The van der Waals surface area contributed by atoms with Crippen LogP contribution in [0.2, 0.25) is 0 Å². The number of pyridine rings is 1. The maximum atomic E-state index is 13.3. The van der Waals surface area contributed by atoms with E-state index in [1.54, 1.807) is 56.7 Å². The number of aromatic nitrogens is 1. The third kappa shape index (κ3) is 3.50. The molecule has 0 saturated carbocycles. The number of carbonyl (C=O) groups is 2. The number of hydrogen-bond donors (Lipinski definition) is 2. The summed E-state index contributed by atoms with van der Waals surface area (Å²) < 4.78 is 10.9. The average Bonchev–Trinajstić information content (AvgIpc) is 2.80. The van der Waals surface area contributed by atoms with Crippen LogP contribution in [0.15, 0.2) is 67.0 Å². The Morgan fingerprint density at radius 1 is 1.07 bits per heavy atom. The van der Waals surface area contributed by atoms with E-state index < -0.39 is 12.1 Å². The van der Waals surface area contributed by atoms with Crippen molar-refractivity contribution < 1.29 is 19.1 Å². The largest absolute Gasteiger partial charge is 0.497 e. The molecule has 1 atom stereocenters. The number of hydrazine groups is 1. The molecule has 0 aliphatic carbocycles. The van der Waals surface area contributed by atoms with E-state index in [0.717, 1.165) is 0 Å². The molecule has 1 aliphatic rings. The summed E-state index contributed by atoms with van der Waals surface area (Å²) in [7, 11) is 3.10. The minimum Gasteiger partial charge on any atom is -0.497 e. The van der Waals surface area contributed by atoms with Crippen molar-refractivity contribution in [2.45, 2.75) is 6.17 Å². The van der Waals surface area contributed by atoms with Crippen molar-refractivity contribution in [3.63, 3.8) is 0 Å². The molecule has 2 amide bonds. The number of ether oxygens (including phenoxy) is 2. The second kappa shape index (κ2) is 8.12. The number of anilines is 1. The molecule has 8 heteroatoms. The summed E-state index contributed by atoms with van der Waals surface area (Å²) in [6.45, 7) is 0. The van der Waals surface area contributed by atoms with Crippen LogP contribution in [0.5, 0.6) is 11.5 Å². The Hall–Kier alpha value is -4.07. The number of para-hydroxylation sites is 1. The molecule has 2 heterocycles. The topological polar surface area (TPSA) is 92.8 Å². The van der Waals surface area contributed by atoms with E-state index in [4.69, 9.17) is 9.47 Å². The molecular weight excluding hydrogens is 384 g/mol. The van der Waals surface area contributed by atoms with Gasteiger partial charge in [-0.1, -0.05) is 12.1 Å². The highest BCUT2D eigenvalue weighted by Crippen LogP contribution is 2.37. The van der Waals surface area contributed by atoms with Gasteiger partial charge in [-0.3, -0.25) is 20.0 Å². The maximum absolute atomic E-state index is 13.3. The van der Waals surface area contributed by atoms with Gasteiger partial charge in [0.1, 0.15) is 11.5 Å². The van der Waals surface area contributed by atoms with E-state index >= 15 is 0 Å². The van der Waals surface area contributed by atoms with Crippen LogP contribution in [0.4, 0.5) is 5.69 Å². The van der Waals surface area contributed by atoms with Gasteiger partial charge in [-0.05, 0) is 42.5 Å². The second-order valence-electron chi connectivity index (χ2n) is 6.55. The minimum atomic E-state index is -0.719. The smallest absolute Gasteiger partial charge is 0.276 e. The Labute approximate surface area is 173 Å². The van der Waals surface area contributed by atoms with Gasteiger partial charge in [0.15, 0.2) is 6.17 Å². The van der Waals surface area contributed by atoms with E-state index in [9.17, 15) is 9.59 Å². The lowest BCUT2D eigenvalue weighted by atomic mass is 10.0. The lowest BCUT2D eigenvalue weighted by molar-refractivity contribution is 0.0488. The number of rotatable bonds is 5. The van der Waals surface area contributed by atoms with E-state index in [2.05, 4.69) is 15.7 Å². The first-order valence-corrected chi connectivity index (χ1v) is 9.24. The molecular formula is C22H20N4O4. The van der Waals surface area contributed by atoms with Gasteiger partial charge < -0.3 is 14.8 Å². The molecule has 0 saturated heterocycles. The Morgan fingerprint density at radius 2 is 1.83 bits per heavy atom. The third-order valence-corrected chi connectivity index (χ3v) is 4.82. The SMILES string of the molecule is COc1ccc(OC)c(C2Nc3ccccc3C(=O)N2NC(=O)c2ccncc2)c1. The van der Waals surface area contributed by atoms with Gasteiger partial charge in [-0.2, -0.15) is 0 Å². The first-order chi connectivity index (χ1) is 14.6. The van der Waals surface area contributed by atoms with Gasteiger partial charge in [0.2, 0.25) is 0 Å². The molecule has 8 nitrogen and oxygen atoms in total. The molecule has 1 aromatic heterocycles. The van der Waals surface area contributed by atoms with E-state index in [1.165, 1.54) is 17.4 Å². The van der Waals surface area contributed by atoms with Crippen LogP contribution in [0.1, 0.15) is 32.4 Å². The van der Waals surface area contributed by atoms with Crippen molar-refractivity contribution >= 4 is 17.5 Å². The summed E-state index contributed by atoms with van der Waals surface area (Å²) in [4.78, 5) is 30.0. The molecule has 0 fully saturated rings. The van der Waals surface area contributed by atoms with Crippen LogP contribution in [0, 0.1) is 0 Å². The Bertz CT molecular complexity index is 1090. The molecule has 0 radical (unpaired) electrons. The van der Waals surface area contributed by atoms with Crippen molar-refractivity contribution in [2.24, 2.45) is 0 Å². The number of benzene rings is 2. The van der Waals surface area contributed by atoms with Gasteiger partial charge in [0, 0.05) is 29.2 Å². The monoisotopic (exact) mass is 404 g/mol. The number of nitrogens with one attached hydrogen (secondary N) is 2. The van der Waals surface area contributed by atoms with Crippen LogP contribution in [-0.2, 0) is 0 Å². The van der Waals surface area contributed by atoms with Crippen molar-refractivity contribution in [1.29, 1.82) is 0 Å². The van der Waals surface area contributed by atoms with Crippen molar-refractivity contribution in [3.8, 4) is 11.5 Å². The number of amides is 2. The Kier molecular flexibility index (Phi) is 5.21. The zero-order valence-electron chi connectivity index (χ0n) is 16.5. The first-order valence-electron chi connectivity index (χ1n) is 9.24. The molecule has 0 bridgehead atoms. The van der Waals surface area contributed by atoms with Gasteiger partial charge in [0.05, 0.1) is 19.8 Å². The summed E-state index contributed by atoms with van der Waals surface area (Å²) >= 11 is 0. The molecule has 1 aliphatic heterocycles. The van der Waals surface area contributed by atoms with Gasteiger partial charge >= 0.3 is 0 Å². The Balaban J connectivity index is 1.78. The van der Waals surface area contributed by atoms with Crippen LogP contribution in [-0.4, -0.2) is 36.0 Å². The van der Waals surface area contributed by atoms with E-state index in [-0.39, 0.29) is 5.91 Å². The number of hydrogen-bond acceptors (Lipinski definition) is 6. The van der Waals surface area contributed by atoms with Crippen LogP contribution in [0.25, 0.3) is 0 Å². The van der Waals surface area contributed by atoms with E-state index in [0.29, 0.717) is 33.9 Å². The van der Waals surface area contributed by atoms with Crippen LogP contribution >= 0.6 is 0 Å². The van der Waals surface area contributed by atoms with Gasteiger partial charge in [-0.25, -0.2) is 5.01 Å². The zero-order valence-corrected chi connectivity index (χ0v) is 16.5. The zero-order chi connectivity index (χ0) is 21.1. The van der Waals surface area contributed by atoms with Gasteiger partial charge in [0.25, 0.3) is 11.8 Å². The molecule has 30 heavy (non-hydrogen) atoms. The highest BCUT2D eigenvalue weighted by Gasteiger charge is 2.36. The fourth-order valence-electron chi connectivity index (χ4n) is 3.32. The summed E-state index contributed by atoms with van der Waals surface area (Å²) in [5.74, 6) is 0.364. The molecule has 1 unspecified atom stereocenters. The fourth-order valence-corrected chi connectivity index (χ4v) is 3.32. The van der Waals surface area contributed by atoms with E-state index in [1.807, 2.05) is 12.1 Å². The number of fused-ring (bicyclic) bond motifs is 1. The number of methoxy groups -OCH3 is 2. The number of nitrogens with zero attached hydrogens (tertiary/aromatic N) is 2. The predicted molar refractivity (Wildman–Crippen MR) is 110 cm³/mol. The lowest BCUT2D eigenvalue weighted by Gasteiger charge is -2.38. The third-order valence-electron chi connectivity index (χ3n) is 4.82. The second-order valence-corrected chi connectivity index (χ2v) is 6.55. The van der Waals surface area contributed by atoms with Crippen LogP contribution < -0.4 is 20.2 Å². The standard InChI is InChI=1S/C22H20N4O4/c1-29-15-7-8-19(30-2)17(13-15)20-24-18-6-4-3-5-16(18)22(28)26(20)25-21(27)14-9-11-23-12-10-14/h3-13,20,24H,1-2H3,(H,25,27). The summed E-state index contributed by atoms with van der Waals surface area (Å²) in [6, 6.07) is 15.6. The lowest BCUT2D eigenvalue weighted by Crippen LogP contribution is -2.53. The highest BCUT2D eigenvalue weighted by molar-refractivity contribution is 6.04. The molecule has 4 rings (SSSR count). The minimum absolute atomic E-state index is 0.346. The quantitative estimate of drug-likeness (QED) is 0.679. The first kappa shape index (κ1) is 19.3. The number of carbonyl (C=O) groups excluding carboxylic acids is 2. The summed E-state index contributed by atoms with van der Waals surface area (Å²) in [6.07, 6.45) is 2.31. The molecule has 2 N–H and O–H groups in total. The fraction of sp³-hybridized carbons (Fsp3) is 0.136. The molecule has 2 aromatic carbocycles. The normalized spacial score (nSPS) is 15.1. The molecule has 0 spiro atoms. The van der Waals surface area contributed by atoms with Crippen molar-refractivity contribution in [1.82, 2.24) is 15.4 Å². The van der Waals surface area contributed by atoms with Gasteiger partial charge in [-0.15, -0.1) is 0 Å². The summed E-state index contributed by atoms with van der Waals surface area (Å²) in [5, 5.41) is 4.59. The Morgan fingerprint density at radius 3 is 2.57 bits per heavy atom. The van der Waals surface area contributed by atoms with Crippen molar-refractivity contribution in [2.75, 3.05) is 19.5 Å². The predicted octanol–water partition coefficient (Wildman–Crippen LogP) is 3.01. The average molecular weight is 404 g/mol.